The van der Waals surface area contributed by atoms with Gasteiger partial charge >= 0.3 is 0 Å². The van der Waals surface area contributed by atoms with Crippen LogP contribution in [0.1, 0.15) is 77.5 Å². The zero-order valence-corrected chi connectivity index (χ0v) is 20.2. The Balaban J connectivity index is 1.38. The minimum Gasteiger partial charge on any atom is -0.435 e. The minimum atomic E-state index is -0.186. The van der Waals surface area contributed by atoms with Crippen molar-refractivity contribution in [3.63, 3.8) is 0 Å². The zero-order chi connectivity index (χ0) is 22.0. The standard InChI is InChI=1S/C26H32N2O2S/c1-25(2,3)15-7-9-19-17(13-15)27-23(29-19)21-11-12-22(31-21)24-28-18-14-16(26(4,5)6)8-10-20(18)30-24/h7,9,11-13,16,20,24H,8,10,14H2,1-6H3. The van der Waals surface area contributed by atoms with Crippen LogP contribution in [-0.2, 0) is 10.2 Å². The summed E-state index contributed by atoms with van der Waals surface area (Å²) < 4.78 is 12.4. The number of hydrogen-bond donors (Lipinski definition) is 0. The van der Waals surface area contributed by atoms with Crippen LogP contribution in [0.3, 0.4) is 0 Å². The van der Waals surface area contributed by atoms with Crippen LogP contribution >= 0.6 is 11.3 Å². The van der Waals surface area contributed by atoms with E-state index in [1.165, 1.54) is 17.7 Å². The number of oxazole rings is 1. The molecule has 31 heavy (non-hydrogen) atoms. The highest BCUT2D eigenvalue weighted by Gasteiger charge is 2.39. The van der Waals surface area contributed by atoms with Gasteiger partial charge in [0.25, 0.3) is 0 Å². The molecule has 1 aromatic carbocycles. The summed E-state index contributed by atoms with van der Waals surface area (Å²) in [5, 5.41) is 0. The van der Waals surface area contributed by atoms with E-state index in [0.29, 0.717) is 17.2 Å². The summed E-state index contributed by atoms with van der Waals surface area (Å²) in [6.07, 6.45) is 3.36. The summed E-state index contributed by atoms with van der Waals surface area (Å²) >= 11 is 1.67. The highest BCUT2D eigenvalue weighted by Crippen LogP contribution is 2.44. The number of hydrogen-bond acceptors (Lipinski definition) is 5. The number of aromatic nitrogens is 1. The molecule has 1 aliphatic carbocycles. The number of thiophene rings is 1. The number of fused-ring (bicyclic) bond motifs is 2. The van der Waals surface area contributed by atoms with Gasteiger partial charge in [-0.25, -0.2) is 4.98 Å². The third-order valence-electron chi connectivity index (χ3n) is 6.74. The maximum atomic E-state index is 6.33. The van der Waals surface area contributed by atoms with Gasteiger partial charge in [-0.1, -0.05) is 47.6 Å². The van der Waals surface area contributed by atoms with Gasteiger partial charge in [-0.3, -0.25) is 4.99 Å². The normalized spacial score (nSPS) is 24.5. The smallest absolute Gasteiger partial charge is 0.237 e. The van der Waals surface area contributed by atoms with Crippen LogP contribution in [0.25, 0.3) is 21.9 Å². The predicted molar refractivity (Wildman–Crippen MR) is 128 cm³/mol. The number of benzene rings is 1. The fraction of sp³-hybridized carbons (Fsp3) is 0.538. The molecule has 1 aliphatic heterocycles. The molecule has 3 aromatic rings. The molecule has 0 bridgehead atoms. The zero-order valence-electron chi connectivity index (χ0n) is 19.4. The van der Waals surface area contributed by atoms with Crippen molar-refractivity contribution in [2.45, 2.75) is 78.6 Å². The van der Waals surface area contributed by atoms with E-state index < -0.39 is 0 Å². The van der Waals surface area contributed by atoms with Gasteiger partial charge in [0, 0.05) is 5.71 Å². The van der Waals surface area contributed by atoms with Crippen molar-refractivity contribution in [1.82, 2.24) is 4.98 Å². The first-order valence-corrected chi connectivity index (χ1v) is 12.1. The van der Waals surface area contributed by atoms with Crippen LogP contribution in [0.15, 0.2) is 39.7 Å². The first kappa shape index (κ1) is 20.9. The molecule has 164 valence electrons. The average molecular weight is 437 g/mol. The second kappa shape index (κ2) is 7.28. The van der Waals surface area contributed by atoms with Gasteiger partial charge in [0.05, 0.1) is 15.9 Å². The lowest BCUT2D eigenvalue weighted by Crippen LogP contribution is -2.33. The van der Waals surface area contributed by atoms with Crippen molar-refractivity contribution in [1.29, 1.82) is 0 Å². The maximum Gasteiger partial charge on any atom is 0.237 e. The van der Waals surface area contributed by atoms with Gasteiger partial charge in [0.2, 0.25) is 5.89 Å². The highest BCUT2D eigenvalue weighted by atomic mass is 32.1. The summed E-state index contributed by atoms with van der Waals surface area (Å²) in [6, 6.07) is 10.5. The van der Waals surface area contributed by atoms with Gasteiger partial charge < -0.3 is 9.15 Å². The van der Waals surface area contributed by atoms with Crippen LogP contribution < -0.4 is 0 Å². The van der Waals surface area contributed by atoms with Crippen molar-refractivity contribution >= 4 is 28.1 Å². The Labute approximate surface area is 188 Å². The van der Waals surface area contributed by atoms with Crippen molar-refractivity contribution < 1.29 is 9.15 Å². The molecule has 2 aliphatic rings. The first-order chi connectivity index (χ1) is 14.6. The summed E-state index contributed by atoms with van der Waals surface area (Å²) in [5.74, 6) is 1.36. The van der Waals surface area contributed by atoms with Crippen LogP contribution in [0, 0.1) is 11.3 Å². The SMILES string of the molecule is CC(C)(C)c1ccc2oc(-c3ccc(C4N=C5CC(C(C)(C)C)CCC5O4)s3)nc2c1. The second-order valence-electron chi connectivity index (χ2n) is 11.1. The Morgan fingerprint density at radius 2 is 1.81 bits per heavy atom. The number of ether oxygens (including phenoxy) is 1. The molecule has 4 nitrogen and oxygen atoms in total. The van der Waals surface area contributed by atoms with Crippen LogP contribution in [-0.4, -0.2) is 16.8 Å². The minimum absolute atomic E-state index is 0.0885. The summed E-state index contributed by atoms with van der Waals surface area (Å²) in [5.41, 5.74) is 4.66. The summed E-state index contributed by atoms with van der Waals surface area (Å²) in [4.78, 5) is 11.9. The van der Waals surface area contributed by atoms with Gasteiger partial charge in [-0.05, 0) is 65.8 Å². The van der Waals surface area contributed by atoms with Gasteiger partial charge in [0.1, 0.15) is 5.52 Å². The molecule has 1 fully saturated rings. The van der Waals surface area contributed by atoms with E-state index in [1.807, 2.05) is 6.07 Å². The Morgan fingerprint density at radius 1 is 1.00 bits per heavy atom. The molecule has 0 radical (unpaired) electrons. The van der Waals surface area contributed by atoms with E-state index in [2.05, 4.69) is 65.8 Å². The van der Waals surface area contributed by atoms with Gasteiger partial charge in [0.15, 0.2) is 11.8 Å². The largest absolute Gasteiger partial charge is 0.435 e. The van der Waals surface area contributed by atoms with Crippen molar-refractivity contribution in [2.75, 3.05) is 0 Å². The maximum absolute atomic E-state index is 6.33. The van der Waals surface area contributed by atoms with Crippen LogP contribution in [0.4, 0.5) is 0 Å². The van der Waals surface area contributed by atoms with Gasteiger partial charge in [-0.2, -0.15) is 0 Å². The van der Waals surface area contributed by atoms with E-state index in [-0.39, 0.29) is 17.7 Å². The Bertz CT molecular complexity index is 1140. The third-order valence-corrected chi connectivity index (χ3v) is 7.84. The van der Waals surface area contributed by atoms with E-state index in [9.17, 15) is 0 Å². The molecule has 3 heterocycles. The molecule has 0 saturated heterocycles. The Hall–Kier alpha value is -1.98. The quantitative estimate of drug-likeness (QED) is 0.417. The molecule has 3 unspecified atom stereocenters. The van der Waals surface area contributed by atoms with Crippen molar-refractivity contribution in [2.24, 2.45) is 16.3 Å². The van der Waals surface area contributed by atoms with Crippen LogP contribution in [0.5, 0.6) is 0 Å². The second-order valence-corrected chi connectivity index (χ2v) is 12.2. The summed E-state index contributed by atoms with van der Waals surface area (Å²) in [7, 11) is 0. The predicted octanol–water partition coefficient (Wildman–Crippen LogP) is 7.54. The molecule has 2 aromatic heterocycles. The lowest BCUT2D eigenvalue weighted by Gasteiger charge is -2.35. The number of aliphatic imine (C=N–C) groups is 1. The lowest BCUT2D eigenvalue weighted by atomic mass is 9.71. The number of rotatable bonds is 2. The summed E-state index contributed by atoms with van der Waals surface area (Å²) in [6.45, 7) is 13.6. The van der Waals surface area contributed by atoms with E-state index in [1.54, 1.807) is 11.3 Å². The fourth-order valence-corrected chi connectivity index (χ4v) is 5.50. The molecule has 1 saturated carbocycles. The molecule has 5 rings (SSSR count). The molecule has 5 heteroatoms. The molecule has 0 spiro atoms. The van der Waals surface area contributed by atoms with Crippen molar-refractivity contribution in [3.8, 4) is 10.8 Å². The lowest BCUT2D eigenvalue weighted by molar-refractivity contribution is 0.0344. The van der Waals surface area contributed by atoms with Gasteiger partial charge in [-0.15, -0.1) is 11.3 Å². The topological polar surface area (TPSA) is 47.6 Å². The molecule has 0 N–H and O–H groups in total. The highest BCUT2D eigenvalue weighted by molar-refractivity contribution is 7.15. The molecule has 0 amide bonds. The Morgan fingerprint density at radius 3 is 2.55 bits per heavy atom. The first-order valence-electron chi connectivity index (χ1n) is 11.3. The fourth-order valence-electron chi connectivity index (χ4n) is 4.59. The third kappa shape index (κ3) is 3.98. The Kier molecular flexibility index (Phi) is 4.91. The van der Waals surface area contributed by atoms with E-state index in [4.69, 9.17) is 19.1 Å². The molecular formula is C26H32N2O2S. The van der Waals surface area contributed by atoms with Crippen molar-refractivity contribution in [3.05, 3.63) is 40.8 Å². The average Bonchev–Trinajstić information content (AvgIpc) is 3.41. The molecule has 3 atom stereocenters. The van der Waals surface area contributed by atoms with Crippen LogP contribution in [0.2, 0.25) is 0 Å². The monoisotopic (exact) mass is 436 g/mol. The van der Waals surface area contributed by atoms with E-state index >= 15 is 0 Å². The molecular weight excluding hydrogens is 404 g/mol. The van der Waals surface area contributed by atoms with E-state index in [0.717, 1.165) is 33.7 Å². The number of nitrogens with zero attached hydrogens (tertiary/aromatic N) is 2.